The molecule has 1 fully saturated rings. The summed E-state index contributed by atoms with van der Waals surface area (Å²) < 4.78 is 1.53. The highest BCUT2D eigenvalue weighted by Gasteiger charge is 2.26. The summed E-state index contributed by atoms with van der Waals surface area (Å²) in [6, 6.07) is 0.429. The molecule has 10 heteroatoms. The quantitative estimate of drug-likeness (QED) is 0.710. The largest absolute Gasteiger partial charge is 0.477 e. The summed E-state index contributed by atoms with van der Waals surface area (Å²) in [6.45, 7) is 1.67. The first-order chi connectivity index (χ1) is 13.0. The summed E-state index contributed by atoms with van der Waals surface area (Å²) in [6.07, 6.45) is 5.45. The van der Waals surface area contributed by atoms with E-state index in [1.54, 1.807) is 17.8 Å². The molecule has 4 rings (SSSR count). The van der Waals surface area contributed by atoms with Gasteiger partial charge in [-0.25, -0.2) is 19.7 Å². The number of aromatic carboxylic acids is 1. The smallest absolute Gasteiger partial charge is 0.341 e. The van der Waals surface area contributed by atoms with Gasteiger partial charge in [-0.3, -0.25) is 9.36 Å². The summed E-state index contributed by atoms with van der Waals surface area (Å²) >= 11 is 1.33. The number of carboxylic acid groups (broad SMARTS) is 1. The van der Waals surface area contributed by atoms with Crippen molar-refractivity contribution in [1.82, 2.24) is 24.4 Å². The molecule has 140 valence electrons. The molecule has 0 aliphatic carbocycles. The van der Waals surface area contributed by atoms with Crippen LogP contribution in [0.4, 0.5) is 5.82 Å². The fraction of sp³-hybridized carbons (Fsp3) is 0.353. The topological polar surface area (TPSA) is 104 Å². The minimum Gasteiger partial charge on any atom is -0.477 e. The Morgan fingerprint density at radius 2 is 2.19 bits per heavy atom. The number of hydrogen-bond acceptors (Lipinski definition) is 8. The molecule has 0 aromatic carbocycles. The average molecular weight is 386 g/mol. The molecule has 1 aliphatic rings. The van der Waals surface area contributed by atoms with Crippen molar-refractivity contribution in [3.05, 3.63) is 39.8 Å². The van der Waals surface area contributed by atoms with E-state index in [4.69, 9.17) is 0 Å². The number of hydrogen-bond donors (Lipinski definition) is 1. The molecule has 3 aromatic heterocycles. The number of fused-ring (bicyclic) bond motifs is 1. The van der Waals surface area contributed by atoms with Crippen LogP contribution in [0.2, 0.25) is 0 Å². The van der Waals surface area contributed by atoms with Crippen molar-refractivity contribution in [2.24, 2.45) is 0 Å². The van der Waals surface area contributed by atoms with E-state index in [0.29, 0.717) is 22.6 Å². The van der Waals surface area contributed by atoms with E-state index in [2.05, 4.69) is 24.8 Å². The molecule has 0 spiro atoms. The van der Waals surface area contributed by atoms with Crippen molar-refractivity contribution in [2.75, 3.05) is 32.1 Å². The van der Waals surface area contributed by atoms with E-state index in [1.165, 1.54) is 22.1 Å². The van der Waals surface area contributed by atoms with Gasteiger partial charge < -0.3 is 14.9 Å². The Kier molecular flexibility index (Phi) is 4.36. The Balaban J connectivity index is 1.88. The molecule has 3 aromatic rings. The molecule has 1 aliphatic heterocycles. The summed E-state index contributed by atoms with van der Waals surface area (Å²) in [5, 5.41) is 11.7. The van der Waals surface area contributed by atoms with Gasteiger partial charge in [0.1, 0.15) is 11.4 Å². The number of carbonyl (C=O) groups is 1. The molecule has 1 saturated heterocycles. The fourth-order valence-corrected chi connectivity index (χ4v) is 3.85. The number of carboxylic acids is 1. The third kappa shape index (κ3) is 3.06. The van der Waals surface area contributed by atoms with Crippen molar-refractivity contribution >= 4 is 34.3 Å². The maximum Gasteiger partial charge on any atom is 0.341 e. The standard InChI is InChI=1S/C17H18N6O3S/c1-21(2)10-3-5-22(8-10)12-7-19-13-14(24)11(16(25)26)9-23(15(13)20-12)17-18-4-6-27-17/h4,6-7,9-10H,3,5,8H2,1-2H3,(H,25,26). The molecule has 4 heterocycles. The van der Waals surface area contributed by atoms with E-state index in [1.807, 2.05) is 14.1 Å². The second-order valence-corrected chi connectivity index (χ2v) is 7.49. The lowest BCUT2D eigenvalue weighted by Gasteiger charge is -2.21. The maximum atomic E-state index is 12.5. The van der Waals surface area contributed by atoms with E-state index in [0.717, 1.165) is 19.5 Å². The van der Waals surface area contributed by atoms with E-state index in [9.17, 15) is 14.7 Å². The number of pyridine rings is 1. The molecule has 0 amide bonds. The van der Waals surface area contributed by atoms with Crippen molar-refractivity contribution < 1.29 is 9.90 Å². The van der Waals surface area contributed by atoms with Gasteiger partial charge in [0.2, 0.25) is 5.43 Å². The fourth-order valence-electron chi connectivity index (χ4n) is 3.23. The van der Waals surface area contributed by atoms with Gasteiger partial charge in [0.05, 0.1) is 6.20 Å². The number of aromatic nitrogens is 4. The van der Waals surface area contributed by atoms with Crippen molar-refractivity contribution in [3.63, 3.8) is 0 Å². The third-order valence-corrected chi connectivity index (χ3v) is 5.53. The molecular weight excluding hydrogens is 368 g/mol. The molecule has 0 bridgehead atoms. The number of nitrogens with zero attached hydrogens (tertiary/aromatic N) is 6. The van der Waals surface area contributed by atoms with Crippen LogP contribution in [0.15, 0.2) is 28.8 Å². The van der Waals surface area contributed by atoms with Gasteiger partial charge in [0.15, 0.2) is 16.3 Å². The third-order valence-electron chi connectivity index (χ3n) is 4.76. The average Bonchev–Trinajstić information content (AvgIpc) is 3.33. The molecular formula is C17H18N6O3S. The van der Waals surface area contributed by atoms with Crippen LogP contribution in [0.1, 0.15) is 16.8 Å². The van der Waals surface area contributed by atoms with E-state index < -0.39 is 11.4 Å². The predicted molar refractivity (Wildman–Crippen MR) is 102 cm³/mol. The summed E-state index contributed by atoms with van der Waals surface area (Å²) in [5.41, 5.74) is -0.659. The first-order valence-electron chi connectivity index (χ1n) is 8.42. The Morgan fingerprint density at radius 1 is 1.37 bits per heavy atom. The summed E-state index contributed by atoms with van der Waals surface area (Å²) in [4.78, 5) is 41.5. The SMILES string of the molecule is CN(C)C1CCN(c2cnc3c(=O)c(C(=O)O)cn(-c4nccs4)c3n2)C1. The molecule has 1 N–H and O–H groups in total. The normalized spacial score (nSPS) is 17.1. The highest BCUT2D eigenvalue weighted by atomic mass is 32.1. The zero-order valence-electron chi connectivity index (χ0n) is 14.9. The van der Waals surface area contributed by atoms with Crippen LogP contribution < -0.4 is 10.3 Å². The zero-order chi connectivity index (χ0) is 19.1. The first kappa shape index (κ1) is 17.6. The minimum atomic E-state index is -1.30. The van der Waals surface area contributed by atoms with Gasteiger partial charge in [-0.05, 0) is 20.5 Å². The summed E-state index contributed by atoms with van der Waals surface area (Å²) in [5.74, 6) is -0.633. The van der Waals surface area contributed by atoms with Gasteiger partial charge in [-0.15, -0.1) is 11.3 Å². The van der Waals surface area contributed by atoms with E-state index in [-0.39, 0.29) is 11.1 Å². The molecule has 1 unspecified atom stereocenters. The van der Waals surface area contributed by atoms with Crippen LogP contribution in [0.3, 0.4) is 0 Å². The Bertz CT molecular complexity index is 1060. The molecule has 1 atom stereocenters. The number of thiazole rings is 1. The Labute approximate surface area is 158 Å². The Morgan fingerprint density at radius 3 is 2.81 bits per heavy atom. The van der Waals surface area contributed by atoms with Crippen LogP contribution >= 0.6 is 11.3 Å². The molecule has 9 nitrogen and oxygen atoms in total. The minimum absolute atomic E-state index is 0.0252. The second kappa shape index (κ2) is 6.71. The lowest BCUT2D eigenvalue weighted by atomic mass is 10.2. The molecule has 27 heavy (non-hydrogen) atoms. The lowest BCUT2D eigenvalue weighted by Crippen LogP contribution is -2.32. The lowest BCUT2D eigenvalue weighted by molar-refractivity contribution is 0.0695. The summed E-state index contributed by atoms with van der Waals surface area (Å²) in [7, 11) is 4.10. The van der Waals surface area contributed by atoms with Gasteiger partial charge in [0, 0.05) is 36.9 Å². The van der Waals surface area contributed by atoms with Crippen molar-refractivity contribution in [3.8, 4) is 5.13 Å². The van der Waals surface area contributed by atoms with Crippen LogP contribution in [-0.2, 0) is 0 Å². The molecule has 0 saturated carbocycles. The van der Waals surface area contributed by atoms with Gasteiger partial charge in [-0.1, -0.05) is 0 Å². The monoisotopic (exact) mass is 386 g/mol. The second-order valence-electron chi connectivity index (χ2n) is 6.61. The van der Waals surface area contributed by atoms with Crippen molar-refractivity contribution in [2.45, 2.75) is 12.5 Å². The highest BCUT2D eigenvalue weighted by Crippen LogP contribution is 2.23. The number of likely N-dealkylation sites (N-methyl/N-ethyl adjacent to an activating group) is 1. The van der Waals surface area contributed by atoms with Gasteiger partial charge in [0.25, 0.3) is 0 Å². The molecule has 0 radical (unpaired) electrons. The van der Waals surface area contributed by atoms with Gasteiger partial charge >= 0.3 is 5.97 Å². The predicted octanol–water partition coefficient (Wildman–Crippen LogP) is 1.08. The number of anilines is 1. The van der Waals surface area contributed by atoms with Crippen LogP contribution in [0, 0.1) is 0 Å². The zero-order valence-corrected chi connectivity index (χ0v) is 15.7. The highest BCUT2D eigenvalue weighted by molar-refractivity contribution is 7.12. The number of rotatable bonds is 4. The van der Waals surface area contributed by atoms with Crippen LogP contribution in [-0.4, -0.2) is 68.7 Å². The first-order valence-corrected chi connectivity index (χ1v) is 9.30. The van der Waals surface area contributed by atoms with Crippen LogP contribution in [0.5, 0.6) is 0 Å². The van der Waals surface area contributed by atoms with Gasteiger partial charge in [-0.2, -0.15) is 0 Å². The van der Waals surface area contributed by atoms with Crippen LogP contribution in [0.25, 0.3) is 16.3 Å². The maximum absolute atomic E-state index is 12.5. The van der Waals surface area contributed by atoms with Crippen molar-refractivity contribution in [1.29, 1.82) is 0 Å². The Hall–Kier alpha value is -2.85. The van der Waals surface area contributed by atoms with E-state index >= 15 is 0 Å².